The molecular weight excluding hydrogens is 232 g/mol. The number of carboxylic acids is 1. The third kappa shape index (κ3) is 2.42. The monoisotopic (exact) mass is 245 g/mol. The average molecular weight is 245 g/mol. The van der Waals surface area contributed by atoms with Crippen LogP contribution in [0.5, 0.6) is 0 Å². The summed E-state index contributed by atoms with van der Waals surface area (Å²) in [5, 5.41) is 16.7. The van der Waals surface area contributed by atoms with Crippen molar-refractivity contribution in [1.82, 2.24) is 15.0 Å². The molecule has 1 N–H and O–H groups in total. The number of aryl methyl sites for hydroxylation is 1. The molecule has 1 aliphatic carbocycles. The number of carboxylic acid groups (broad SMARTS) is 1. The van der Waals surface area contributed by atoms with Crippen molar-refractivity contribution in [2.75, 3.05) is 0 Å². The summed E-state index contributed by atoms with van der Waals surface area (Å²) in [6.45, 7) is 0. The average Bonchev–Trinajstić information content (AvgIpc) is 2.60. The van der Waals surface area contributed by atoms with Gasteiger partial charge in [0.15, 0.2) is 5.69 Å². The molecule has 1 saturated carbocycles. The van der Waals surface area contributed by atoms with Gasteiger partial charge < -0.3 is 5.11 Å². The molecule has 1 fully saturated rings. The summed E-state index contributed by atoms with van der Waals surface area (Å²) in [6, 6.07) is 0. The first-order chi connectivity index (χ1) is 7.89. The molecular formula is C10H13F2N3O2. The van der Waals surface area contributed by atoms with Gasteiger partial charge in [-0.2, -0.15) is 9.90 Å². The van der Waals surface area contributed by atoms with Gasteiger partial charge in [0.05, 0.1) is 0 Å². The van der Waals surface area contributed by atoms with Crippen molar-refractivity contribution in [1.29, 1.82) is 0 Å². The van der Waals surface area contributed by atoms with Crippen LogP contribution >= 0.6 is 0 Å². The first kappa shape index (κ1) is 11.9. The fourth-order valence-corrected chi connectivity index (χ4v) is 2.16. The first-order valence-electron chi connectivity index (χ1n) is 5.41. The van der Waals surface area contributed by atoms with Gasteiger partial charge in [-0.25, -0.2) is 13.6 Å². The highest BCUT2D eigenvalue weighted by atomic mass is 19.3. The molecule has 0 radical (unpaired) electrons. The Morgan fingerprint density at radius 2 is 2.00 bits per heavy atom. The highest BCUT2D eigenvalue weighted by Gasteiger charge is 2.37. The molecule has 1 heterocycles. The van der Waals surface area contributed by atoms with Gasteiger partial charge in [-0.15, -0.1) is 5.10 Å². The van der Waals surface area contributed by atoms with E-state index in [2.05, 4.69) is 10.2 Å². The molecule has 5 nitrogen and oxygen atoms in total. The van der Waals surface area contributed by atoms with E-state index in [0.29, 0.717) is 5.69 Å². The maximum Gasteiger partial charge on any atom is 0.358 e. The molecule has 0 spiro atoms. The van der Waals surface area contributed by atoms with Crippen molar-refractivity contribution in [2.45, 2.75) is 37.5 Å². The standard InChI is InChI=1S/C10H13F2N3O2/c1-15-13-7(8(14-15)9(16)17)6-2-4-10(11,12)5-3-6/h6H,2-5H2,1H3,(H,16,17). The number of carbonyl (C=O) groups is 1. The van der Waals surface area contributed by atoms with Crippen LogP contribution in [0.3, 0.4) is 0 Å². The minimum absolute atomic E-state index is 0.122. The molecule has 1 aromatic heterocycles. The van der Waals surface area contributed by atoms with E-state index < -0.39 is 11.9 Å². The van der Waals surface area contributed by atoms with Gasteiger partial charge in [-0.3, -0.25) is 0 Å². The Hall–Kier alpha value is -1.53. The maximum atomic E-state index is 13.0. The van der Waals surface area contributed by atoms with Gasteiger partial charge >= 0.3 is 5.97 Å². The zero-order chi connectivity index (χ0) is 12.6. The minimum atomic E-state index is -2.62. The van der Waals surface area contributed by atoms with Crippen molar-refractivity contribution in [2.24, 2.45) is 7.05 Å². The van der Waals surface area contributed by atoms with Crippen LogP contribution in [0.1, 0.15) is 47.8 Å². The van der Waals surface area contributed by atoms with Crippen LogP contribution in [-0.4, -0.2) is 32.0 Å². The number of aromatic nitrogens is 3. The summed E-state index contributed by atoms with van der Waals surface area (Å²) in [4.78, 5) is 12.1. The number of halogens is 2. The molecule has 0 aliphatic heterocycles. The lowest BCUT2D eigenvalue weighted by Crippen LogP contribution is -2.24. The molecule has 17 heavy (non-hydrogen) atoms. The van der Waals surface area contributed by atoms with E-state index in [9.17, 15) is 13.6 Å². The third-order valence-electron chi connectivity index (χ3n) is 3.05. The van der Waals surface area contributed by atoms with Crippen LogP contribution in [-0.2, 0) is 7.05 Å². The number of alkyl halides is 2. The van der Waals surface area contributed by atoms with Gasteiger partial charge in [0.25, 0.3) is 0 Å². The van der Waals surface area contributed by atoms with E-state index in [4.69, 9.17) is 5.11 Å². The van der Waals surface area contributed by atoms with Crippen LogP contribution in [0.2, 0.25) is 0 Å². The number of hydrogen-bond donors (Lipinski definition) is 1. The van der Waals surface area contributed by atoms with Crippen LogP contribution in [0.25, 0.3) is 0 Å². The molecule has 0 amide bonds. The van der Waals surface area contributed by atoms with E-state index in [1.807, 2.05) is 0 Å². The topological polar surface area (TPSA) is 68.0 Å². The number of rotatable bonds is 2. The summed E-state index contributed by atoms with van der Waals surface area (Å²) >= 11 is 0. The maximum absolute atomic E-state index is 13.0. The molecule has 0 atom stereocenters. The van der Waals surface area contributed by atoms with Gasteiger partial charge in [-0.1, -0.05) is 0 Å². The van der Waals surface area contributed by atoms with Crippen molar-refractivity contribution in [3.05, 3.63) is 11.4 Å². The van der Waals surface area contributed by atoms with Crippen LogP contribution in [0.4, 0.5) is 8.78 Å². The Morgan fingerprint density at radius 1 is 1.41 bits per heavy atom. The molecule has 2 rings (SSSR count). The normalized spacial score (nSPS) is 20.4. The fraction of sp³-hybridized carbons (Fsp3) is 0.700. The van der Waals surface area contributed by atoms with Crippen molar-refractivity contribution in [3.8, 4) is 0 Å². The second-order valence-electron chi connectivity index (χ2n) is 4.36. The smallest absolute Gasteiger partial charge is 0.358 e. The Morgan fingerprint density at radius 3 is 2.53 bits per heavy atom. The quantitative estimate of drug-likeness (QED) is 0.862. The largest absolute Gasteiger partial charge is 0.476 e. The van der Waals surface area contributed by atoms with E-state index >= 15 is 0 Å². The van der Waals surface area contributed by atoms with E-state index in [-0.39, 0.29) is 37.3 Å². The molecule has 0 unspecified atom stereocenters. The van der Waals surface area contributed by atoms with Crippen LogP contribution in [0.15, 0.2) is 0 Å². The Balaban J connectivity index is 2.21. The number of aromatic carboxylic acids is 1. The second kappa shape index (κ2) is 4.05. The molecule has 0 bridgehead atoms. The summed E-state index contributed by atoms with van der Waals surface area (Å²) in [5.74, 6) is -4.01. The lowest BCUT2D eigenvalue weighted by atomic mass is 9.84. The van der Waals surface area contributed by atoms with Crippen molar-refractivity contribution >= 4 is 5.97 Å². The Bertz CT molecular complexity index is 435. The summed E-state index contributed by atoms with van der Waals surface area (Å²) in [5.41, 5.74) is 0.207. The van der Waals surface area contributed by atoms with Gasteiger partial charge in [0, 0.05) is 25.8 Å². The summed E-state index contributed by atoms with van der Waals surface area (Å²) in [6.07, 6.45) is 0.0819. The zero-order valence-electron chi connectivity index (χ0n) is 9.36. The summed E-state index contributed by atoms with van der Waals surface area (Å²) < 4.78 is 26.0. The number of nitrogens with zero attached hydrogens (tertiary/aromatic N) is 3. The molecule has 1 aliphatic rings. The van der Waals surface area contributed by atoms with E-state index in [0.717, 1.165) is 0 Å². The molecule has 1 aromatic rings. The molecule has 7 heteroatoms. The lowest BCUT2D eigenvalue weighted by Gasteiger charge is -2.27. The van der Waals surface area contributed by atoms with Crippen molar-refractivity contribution < 1.29 is 18.7 Å². The van der Waals surface area contributed by atoms with Gasteiger partial charge in [0.1, 0.15) is 5.69 Å². The Labute approximate surface area is 96.4 Å². The number of hydrogen-bond acceptors (Lipinski definition) is 3. The highest BCUT2D eigenvalue weighted by Crippen LogP contribution is 2.40. The molecule has 94 valence electrons. The fourth-order valence-electron chi connectivity index (χ4n) is 2.16. The highest BCUT2D eigenvalue weighted by molar-refractivity contribution is 5.86. The zero-order valence-corrected chi connectivity index (χ0v) is 9.36. The molecule has 0 saturated heterocycles. The van der Waals surface area contributed by atoms with Crippen LogP contribution in [0, 0.1) is 0 Å². The predicted octanol–water partition coefficient (Wildman–Crippen LogP) is 1.81. The third-order valence-corrected chi connectivity index (χ3v) is 3.05. The van der Waals surface area contributed by atoms with E-state index in [1.54, 1.807) is 0 Å². The lowest BCUT2D eigenvalue weighted by molar-refractivity contribution is -0.0385. The minimum Gasteiger partial charge on any atom is -0.476 e. The second-order valence-corrected chi connectivity index (χ2v) is 4.36. The first-order valence-corrected chi connectivity index (χ1v) is 5.41. The predicted molar refractivity (Wildman–Crippen MR) is 54.1 cm³/mol. The summed E-state index contributed by atoms with van der Waals surface area (Å²) in [7, 11) is 1.52. The van der Waals surface area contributed by atoms with Gasteiger partial charge in [-0.05, 0) is 12.8 Å². The van der Waals surface area contributed by atoms with E-state index in [1.165, 1.54) is 11.8 Å². The SMILES string of the molecule is Cn1nc(C(=O)O)c(C2CCC(F)(F)CC2)n1. The van der Waals surface area contributed by atoms with Crippen molar-refractivity contribution in [3.63, 3.8) is 0 Å². The molecule has 0 aromatic carbocycles. The Kier molecular flexibility index (Phi) is 2.84. The van der Waals surface area contributed by atoms with Gasteiger partial charge in [0.2, 0.25) is 5.92 Å². The van der Waals surface area contributed by atoms with Crippen LogP contribution < -0.4 is 0 Å².